The van der Waals surface area contributed by atoms with Gasteiger partial charge in [-0.15, -0.1) is 0 Å². The molecule has 1 aromatic rings. The fourth-order valence-corrected chi connectivity index (χ4v) is 1.88. The Bertz CT molecular complexity index is 326. The number of hydrogen-bond donors (Lipinski definition) is 3. The Balaban J connectivity index is 2.60. The topological polar surface area (TPSA) is 61.7 Å². The van der Waals surface area contributed by atoms with Gasteiger partial charge >= 0.3 is 0 Å². The molecular weight excluding hydrogens is 230 g/mol. The second-order valence-electron chi connectivity index (χ2n) is 4.26. The Morgan fingerprint density at radius 1 is 1.28 bits per heavy atom. The lowest BCUT2D eigenvalue weighted by Crippen LogP contribution is -2.35. The molecule has 0 saturated carbocycles. The normalized spacial score (nSPS) is 14.2. The molecular formula is C14H23NO3. The smallest absolute Gasteiger partial charge is 0.118 e. The van der Waals surface area contributed by atoms with Gasteiger partial charge in [0.25, 0.3) is 0 Å². The maximum absolute atomic E-state index is 10.3. The number of benzene rings is 1. The number of aliphatic hydroxyl groups is 2. The summed E-state index contributed by atoms with van der Waals surface area (Å²) in [4.78, 5) is 0. The summed E-state index contributed by atoms with van der Waals surface area (Å²) >= 11 is 0. The average Bonchev–Trinajstić information content (AvgIpc) is 2.43. The molecule has 102 valence electrons. The van der Waals surface area contributed by atoms with Crippen LogP contribution in [0.5, 0.6) is 5.75 Å². The molecule has 0 aliphatic rings. The summed E-state index contributed by atoms with van der Waals surface area (Å²) in [6.45, 7) is 2.91. The van der Waals surface area contributed by atoms with Crippen molar-refractivity contribution < 1.29 is 14.9 Å². The van der Waals surface area contributed by atoms with Gasteiger partial charge in [0.15, 0.2) is 0 Å². The van der Waals surface area contributed by atoms with Crippen molar-refractivity contribution in [2.45, 2.75) is 31.9 Å². The summed E-state index contributed by atoms with van der Waals surface area (Å²) in [5.41, 5.74) is 0.874. The molecule has 2 atom stereocenters. The van der Waals surface area contributed by atoms with E-state index in [1.165, 1.54) is 0 Å². The van der Waals surface area contributed by atoms with Crippen LogP contribution in [0.2, 0.25) is 0 Å². The van der Waals surface area contributed by atoms with E-state index in [4.69, 9.17) is 9.84 Å². The summed E-state index contributed by atoms with van der Waals surface area (Å²) in [5.74, 6) is 0.784. The van der Waals surface area contributed by atoms with Crippen molar-refractivity contribution in [2.75, 3.05) is 20.3 Å². The molecule has 0 aliphatic heterocycles. The van der Waals surface area contributed by atoms with Gasteiger partial charge in [-0.05, 0) is 37.1 Å². The molecule has 18 heavy (non-hydrogen) atoms. The zero-order valence-corrected chi connectivity index (χ0v) is 11.1. The summed E-state index contributed by atoms with van der Waals surface area (Å²) < 4.78 is 5.09. The third-order valence-corrected chi connectivity index (χ3v) is 3.02. The quantitative estimate of drug-likeness (QED) is 0.614. The zero-order valence-electron chi connectivity index (χ0n) is 11.1. The number of methoxy groups -OCH3 is 1. The predicted molar refractivity (Wildman–Crippen MR) is 71.7 cm³/mol. The van der Waals surface area contributed by atoms with Crippen LogP contribution in [-0.2, 0) is 0 Å². The Kier molecular flexibility index (Phi) is 6.72. The number of aliphatic hydroxyl groups excluding tert-OH is 2. The molecule has 0 spiro atoms. The molecule has 0 bridgehead atoms. The highest BCUT2D eigenvalue weighted by Gasteiger charge is 2.18. The van der Waals surface area contributed by atoms with Gasteiger partial charge in [-0.1, -0.05) is 19.1 Å². The highest BCUT2D eigenvalue weighted by Crippen LogP contribution is 2.21. The first-order valence-electron chi connectivity index (χ1n) is 6.39. The lowest BCUT2D eigenvalue weighted by Gasteiger charge is -2.23. The highest BCUT2D eigenvalue weighted by atomic mass is 16.5. The van der Waals surface area contributed by atoms with Crippen molar-refractivity contribution in [3.63, 3.8) is 0 Å². The summed E-state index contributed by atoms with van der Waals surface area (Å²) in [7, 11) is 1.62. The van der Waals surface area contributed by atoms with Crippen molar-refractivity contribution in [1.82, 2.24) is 5.32 Å². The Morgan fingerprint density at radius 2 is 1.94 bits per heavy atom. The van der Waals surface area contributed by atoms with Gasteiger partial charge in [0, 0.05) is 12.6 Å². The van der Waals surface area contributed by atoms with Crippen LogP contribution in [0.15, 0.2) is 24.3 Å². The van der Waals surface area contributed by atoms with Gasteiger partial charge < -0.3 is 20.3 Å². The van der Waals surface area contributed by atoms with Gasteiger partial charge in [-0.2, -0.15) is 0 Å². The van der Waals surface area contributed by atoms with Crippen LogP contribution in [0.25, 0.3) is 0 Å². The second kappa shape index (κ2) is 8.08. The molecule has 4 heteroatoms. The van der Waals surface area contributed by atoms with E-state index in [2.05, 4.69) is 5.32 Å². The van der Waals surface area contributed by atoms with E-state index in [0.717, 1.165) is 17.7 Å². The van der Waals surface area contributed by atoms with Gasteiger partial charge in [0.05, 0.1) is 13.2 Å². The summed E-state index contributed by atoms with van der Waals surface area (Å²) in [6, 6.07) is 7.45. The minimum absolute atomic E-state index is 0.00458. The first-order chi connectivity index (χ1) is 8.72. The molecule has 0 radical (unpaired) electrons. The second-order valence-corrected chi connectivity index (χ2v) is 4.26. The van der Waals surface area contributed by atoms with Crippen LogP contribution in [-0.4, -0.2) is 36.5 Å². The number of hydrogen-bond acceptors (Lipinski definition) is 4. The summed E-state index contributed by atoms with van der Waals surface area (Å²) in [6.07, 6.45) is 0.990. The number of nitrogens with one attached hydrogen (secondary N) is 1. The van der Waals surface area contributed by atoms with E-state index in [1.807, 2.05) is 31.2 Å². The largest absolute Gasteiger partial charge is 0.497 e. The van der Waals surface area contributed by atoms with Crippen LogP contribution >= 0.6 is 0 Å². The van der Waals surface area contributed by atoms with Crippen molar-refractivity contribution >= 4 is 0 Å². The number of rotatable bonds is 8. The molecule has 0 heterocycles. The molecule has 0 saturated heterocycles. The molecule has 1 rings (SSSR count). The van der Waals surface area contributed by atoms with Crippen LogP contribution in [0.4, 0.5) is 0 Å². The fourth-order valence-electron chi connectivity index (χ4n) is 1.88. The highest BCUT2D eigenvalue weighted by molar-refractivity contribution is 5.29. The maximum Gasteiger partial charge on any atom is 0.118 e. The predicted octanol–water partition coefficient (Wildman–Crippen LogP) is 1.48. The third kappa shape index (κ3) is 4.29. The van der Waals surface area contributed by atoms with Crippen LogP contribution in [0, 0.1) is 0 Å². The fraction of sp³-hybridized carbons (Fsp3) is 0.571. The minimum Gasteiger partial charge on any atom is -0.497 e. The molecule has 2 unspecified atom stereocenters. The number of ether oxygens (including phenoxy) is 1. The van der Waals surface area contributed by atoms with E-state index in [9.17, 15) is 5.11 Å². The maximum atomic E-state index is 10.3. The van der Waals surface area contributed by atoms with Crippen LogP contribution in [0.3, 0.4) is 0 Å². The average molecular weight is 253 g/mol. The van der Waals surface area contributed by atoms with Crippen LogP contribution < -0.4 is 10.1 Å². The van der Waals surface area contributed by atoms with E-state index >= 15 is 0 Å². The van der Waals surface area contributed by atoms with Crippen molar-refractivity contribution in [3.05, 3.63) is 29.8 Å². The van der Waals surface area contributed by atoms with Gasteiger partial charge in [0.1, 0.15) is 5.75 Å². The van der Waals surface area contributed by atoms with Gasteiger partial charge in [-0.3, -0.25) is 0 Å². The molecule has 0 fully saturated rings. The zero-order chi connectivity index (χ0) is 13.4. The Morgan fingerprint density at radius 3 is 2.44 bits per heavy atom. The molecule has 0 aliphatic carbocycles. The minimum atomic E-state index is -0.542. The van der Waals surface area contributed by atoms with E-state index in [0.29, 0.717) is 13.0 Å². The lowest BCUT2D eigenvalue weighted by atomic mass is 10.00. The first kappa shape index (κ1) is 15.0. The summed E-state index contributed by atoms with van der Waals surface area (Å²) in [5, 5.41) is 22.3. The lowest BCUT2D eigenvalue weighted by molar-refractivity contribution is 0.124. The Labute approximate surface area is 109 Å². The van der Waals surface area contributed by atoms with Gasteiger partial charge in [-0.25, -0.2) is 0 Å². The van der Waals surface area contributed by atoms with Crippen molar-refractivity contribution in [3.8, 4) is 5.75 Å². The van der Waals surface area contributed by atoms with Gasteiger partial charge in [0.2, 0.25) is 0 Å². The molecule has 4 nitrogen and oxygen atoms in total. The van der Waals surface area contributed by atoms with Crippen LogP contribution in [0.1, 0.15) is 31.4 Å². The SMILES string of the molecule is CCC(NCCCO)C(O)c1ccc(OC)cc1. The first-order valence-corrected chi connectivity index (χ1v) is 6.39. The standard InChI is InChI=1S/C14H23NO3/c1-3-13(15-9-4-10-16)14(17)11-5-7-12(18-2)8-6-11/h5-8,13-17H,3-4,9-10H2,1-2H3. The monoisotopic (exact) mass is 253 g/mol. The molecule has 3 N–H and O–H groups in total. The van der Waals surface area contributed by atoms with E-state index < -0.39 is 6.10 Å². The van der Waals surface area contributed by atoms with E-state index in [-0.39, 0.29) is 12.6 Å². The molecule has 0 aromatic heterocycles. The van der Waals surface area contributed by atoms with Crippen molar-refractivity contribution in [1.29, 1.82) is 0 Å². The Hall–Kier alpha value is -1.10. The van der Waals surface area contributed by atoms with E-state index in [1.54, 1.807) is 7.11 Å². The molecule has 0 amide bonds. The molecule has 1 aromatic carbocycles. The third-order valence-electron chi connectivity index (χ3n) is 3.02. The van der Waals surface area contributed by atoms with Crippen molar-refractivity contribution in [2.24, 2.45) is 0 Å².